The van der Waals surface area contributed by atoms with Crippen LogP contribution in [0, 0.1) is 0 Å². The van der Waals surface area contributed by atoms with Crippen molar-refractivity contribution >= 4 is 11.8 Å². The van der Waals surface area contributed by atoms with E-state index in [2.05, 4.69) is 18.1 Å². The fraction of sp³-hybridized carbons (Fsp3) is 0.647. The number of carbonyl (C=O) groups excluding carboxylic acids is 2. The minimum absolute atomic E-state index is 0.0729. The molecule has 0 aliphatic carbocycles. The normalized spacial score (nSPS) is 21.9. The lowest BCUT2D eigenvalue weighted by Gasteiger charge is -2.36. The van der Waals surface area contributed by atoms with Crippen LogP contribution < -0.4 is 0 Å². The Labute approximate surface area is 138 Å². The lowest BCUT2D eigenvalue weighted by Crippen LogP contribution is -2.53. The van der Waals surface area contributed by atoms with Crippen LogP contribution in [0.1, 0.15) is 12.8 Å². The van der Waals surface area contributed by atoms with Gasteiger partial charge in [0.2, 0.25) is 5.91 Å². The van der Waals surface area contributed by atoms with Gasteiger partial charge in [-0.3, -0.25) is 14.5 Å². The summed E-state index contributed by atoms with van der Waals surface area (Å²) in [5.74, 6) is 0.178. The molecule has 1 atom stereocenters. The molecule has 0 N–H and O–H groups in total. The largest absolute Gasteiger partial charge is 0.368 e. The molecule has 0 aromatic heterocycles. The van der Waals surface area contributed by atoms with E-state index in [1.54, 1.807) is 17.1 Å². The molecule has 0 aromatic carbocycles. The number of carbonyl (C=O) groups is 2. The number of nitrogens with zero attached hydrogens (tertiary/aromatic N) is 3. The molecule has 2 heterocycles. The van der Waals surface area contributed by atoms with Crippen molar-refractivity contribution in [2.45, 2.75) is 18.9 Å². The topological polar surface area (TPSA) is 53.1 Å². The first-order valence-electron chi connectivity index (χ1n) is 8.28. The van der Waals surface area contributed by atoms with E-state index in [-0.39, 0.29) is 17.9 Å². The number of hydrogen-bond donors (Lipinski definition) is 0. The van der Waals surface area contributed by atoms with E-state index >= 15 is 0 Å². The molecule has 2 fully saturated rings. The predicted molar refractivity (Wildman–Crippen MR) is 89.0 cm³/mol. The Morgan fingerprint density at radius 1 is 1.13 bits per heavy atom. The third-order valence-electron chi connectivity index (χ3n) is 4.30. The lowest BCUT2D eigenvalue weighted by atomic mass is 10.2. The van der Waals surface area contributed by atoms with Crippen molar-refractivity contribution in [2.24, 2.45) is 0 Å². The Bertz CT molecular complexity index is 428. The zero-order chi connectivity index (χ0) is 16.7. The highest BCUT2D eigenvalue weighted by atomic mass is 16.5. The van der Waals surface area contributed by atoms with Crippen molar-refractivity contribution in [3.05, 3.63) is 25.3 Å². The van der Waals surface area contributed by atoms with Gasteiger partial charge < -0.3 is 14.5 Å². The van der Waals surface area contributed by atoms with Gasteiger partial charge >= 0.3 is 0 Å². The molecule has 2 aliphatic rings. The van der Waals surface area contributed by atoms with Crippen LogP contribution in [0.4, 0.5) is 0 Å². The van der Waals surface area contributed by atoms with E-state index in [1.165, 1.54) is 0 Å². The second-order valence-electron chi connectivity index (χ2n) is 5.98. The maximum absolute atomic E-state index is 12.3. The summed E-state index contributed by atoms with van der Waals surface area (Å²) in [6.45, 7) is 12.3. The van der Waals surface area contributed by atoms with E-state index in [1.807, 2.05) is 4.90 Å². The van der Waals surface area contributed by atoms with Gasteiger partial charge in [0.15, 0.2) is 0 Å². The van der Waals surface area contributed by atoms with Crippen molar-refractivity contribution in [1.82, 2.24) is 14.7 Å². The first-order chi connectivity index (χ1) is 11.2. The molecule has 0 saturated carbocycles. The number of ether oxygens (including phenoxy) is 1. The second kappa shape index (κ2) is 8.84. The molecule has 0 bridgehead atoms. The Morgan fingerprint density at radius 3 is 2.30 bits per heavy atom. The predicted octanol–water partition coefficient (Wildman–Crippen LogP) is 0.510. The summed E-state index contributed by atoms with van der Waals surface area (Å²) in [6.07, 6.45) is 4.99. The Morgan fingerprint density at radius 2 is 1.78 bits per heavy atom. The van der Waals surface area contributed by atoms with E-state index in [4.69, 9.17) is 4.74 Å². The van der Waals surface area contributed by atoms with Crippen LogP contribution in [-0.2, 0) is 14.3 Å². The first kappa shape index (κ1) is 17.7. The molecule has 2 aliphatic heterocycles. The quantitative estimate of drug-likeness (QED) is 0.641. The van der Waals surface area contributed by atoms with Crippen LogP contribution in [0.15, 0.2) is 25.3 Å². The lowest BCUT2D eigenvalue weighted by molar-refractivity contribution is -0.143. The Hall–Kier alpha value is -1.66. The van der Waals surface area contributed by atoms with Gasteiger partial charge in [-0.2, -0.15) is 0 Å². The fourth-order valence-corrected chi connectivity index (χ4v) is 2.98. The van der Waals surface area contributed by atoms with Crippen LogP contribution in [0.25, 0.3) is 0 Å². The third kappa shape index (κ3) is 4.91. The molecular weight excluding hydrogens is 294 g/mol. The van der Waals surface area contributed by atoms with Gasteiger partial charge in [-0.25, -0.2) is 0 Å². The van der Waals surface area contributed by atoms with Gasteiger partial charge in [0, 0.05) is 45.9 Å². The molecule has 1 unspecified atom stereocenters. The molecule has 23 heavy (non-hydrogen) atoms. The molecular formula is C17H27N3O3. The summed E-state index contributed by atoms with van der Waals surface area (Å²) < 4.78 is 5.46. The summed E-state index contributed by atoms with van der Waals surface area (Å²) in [5.41, 5.74) is 0. The van der Waals surface area contributed by atoms with Crippen molar-refractivity contribution in [2.75, 3.05) is 52.4 Å². The molecule has 2 amide bonds. The van der Waals surface area contributed by atoms with E-state index < -0.39 is 0 Å². The summed E-state index contributed by atoms with van der Waals surface area (Å²) in [7, 11) is 0. The molecule has 2 rings (SSSR count). The highest BCUT2D eigenvalue weighted by Gasteiger charge is 2.30. The number of hydrogen-bond acceptors (Lipinski definition) is 4. The molecule has 128 valence electrons. The van der Waals surface area contributed by atoms with Gasteiger partial charge in [0.05, 0.1) is 6.54 Å². The van der Waals surface area contributed by atoms with Crippen molar-refractivity contribution in [3.63, 3.8) is 0 Å². The zero-order valence-electron chi connectivity index (χ0n) is 13.8. The molecule has 0 spiro atoms. The van der Waals surface area contributed by atoms with Gasteiger partial charge in [-0.1, -0.05) is 12.2 Å². The van der Waals surface area contributed by atoms with E-state index in [9.17, 15) is 9.59 Å². The summed E-state index contributed by atoms with van der Waals surface area (Å²) in [5, 5.41) is 0. The smallest absolute Gasteiger partial charge is 0.251 e. The average molecular weight is 321 g/mol. The van der Waals surface area contributed by atoms with Crippen LogP contribution in [0.5, 0.6) is 0 Å². The number of amides is 2. The fourth-order valence-electron chi connectivity index (χ4n) is 2.98. The molecule has 6 heteroatoms. The summed E-state index contributed by atoms with van der Waals surface area (Å²) in [4.78, 5) is 30.3. The molecule has 0 radical (unpaired) electrons. The minimum atomic E-state index is -0.251. The molecule has 6 nitrogen and oxygen atoms in total. The highest BCUT2D eigenvalue weighted by Crippen LogP contribution is 2.16. The second-order valence-corrected chi connectivity index (χ2v) is 5.98. The van der Waals surface area contributed by atoms with Crippen molar-refractivity contribution in [1.29, 1.82) is 0 Å². The first-order valence-corrected chi connectivity index (χ1v) is 8.28. The van der Waals surface area contributed by atoms with Crippen molar-refractivity contribution in [3.8, 4) is 0 Å². The Kier molecular flexibility index (Phi) is 6.80. The van der Waals surface area contributed by atoms with Crippen LogP contribution in [0.3, 0.4) is 0 Å². The maximum Gasteiger partial charge on any atom is 0.251 e. The van der Waals surface area contributed by atoms with Gasteiger partial charge in [0.25, 0.3) is 5.91 Å². The van der Waals surface area contributed by atoms with Gasteiger partial charge in [-0.15, -0.1) is 13.2 Å². The van der Waals surface area contributed by atoms with Crippen LogP contribution in [0.2, 0.25) is 0 Å². The molecule has 0 aromatic rings. The standard InChI is InChI=1S/C17H27N3O3/c1-3-7-19(8-4-2)16(21)14-18-9-11-20(12-10-18)17(22)15-6-5-13-23-15/h3-4,15H,1-2,5-14H2. The highest BCUT2D eigenvalue weighted by molar-refractivity contribution is 5.81. The van der Waals surface area contributed by atoms with Crippen LogP contribution in [-0.4, -0.2) is 85.0 Å². The summed E-state index contributed by atoms with van der Waals surface area (Å²) in [6, 6.07) is 0. The number of rotatable bonds is 7. The molecule has 2 saturated heterocycles. The zero-order valence-corrected chi connectivity index (χ0v) is 13.8. The average Bonchev–Trinajstić information content (AvgIpc) is 3.09. The maximum atomic E-state index is 12.3. The van der Waals surface area contributed by atoms with Crippen LogP contribution >= 0.6 is 0 Å². The number of piperazine rings is 1. The summed E-state index contributed by atoms with van der Waals surface area (Å²) >= 11 is 0. The Balaban J connectivity index is 1.77. The van der Waals surface area contributed by atoms with E-state index in [0.717, 1.165) is 25.9 Å². The van der Waals surface area contributed by atoms with E-state index in [0.29, 0.717) is 39.3 Å². The van der Waals surface area contributed by atoms with Gasteiger partial charge in [-0.05, 0) is 12.8 Å². The van der Waals surface area contributed by atoms with Crippen molar-refractivity contribution < 1.29 is 14.3 Å². The SMILES string of the molecule is C=CCN(CC=C)C(=O)CN1CCN(C(=O)C2CCCO2)CC1. The minimum Gasteiger partial charge on any atom is -0.368 e. The van der Waals surface area contributed by atoms with Gasteiger partial charge in [0.1, 0.15) is 6.10 Å². The monoisotopic (exact) mass is 321 g/mol. The third-order valence-corrected chi connectivity index (χ3v) is 4.30.